The van der Waals surface area contributed by atoms with E-state index in [0.717, 1.165) is 38.3 Å². The Kier molecular flexibility index (Phi) is 23.4. The lowest BCUT2D eigenvalue weighted by molar-refractivity contribution is 0.227. The van der Waals surface area contributed by atoms with Crippen LogP contribution in [0.1, 0.15) is 34.6 Å². The van der Waals surface area contributed by atoms with Crippen molar-refractivity contribution in [2.45, 2.75) is 58.8 Å². The second kappa shape index (κ2) is 27.7. The Morgan fingerprint density at radius 3 is 1.17 bits per heavy atom. The van der Waals surface area contributed by atoms with Crippen LogP contribution in [0.3, 0.4) is 0 Å². The fourth-order valence-electron chi connectivity index (χ4n) is 5.68. The number of hydrogen-bond donors (Lipinski definition) is 12. The first-order valence-electron chi connectivity index (χ1n) is 21.7. The molecule has 0 aliphatic rings. The van der Waals surface area contributed by atoms with Gasteiger partial charge in [-0.1, -0.05) is 102 Å². The highest BCUT2D eigenvalue weighted by Crippen LogP contribution is 2.42. The first kappa shape index (κ1) is 65.9. The highest BCUT2D eigenvalue weighted by atomic mass is 35.5. The SMILES string of the molecule is CC(C)[C@@H](CO)NS(=O)(=O)c1scc(NC(=O)Nc2cccc(Cl)c2Cl)c1O.CN(C(C)(C)C)S(=O)(=O)c1scc(NC(=O)Nc2cccc(Cl)c2Cl)c1O.CNS(=O)(=O)c1scc(NC(=O)Nc2cccc(Cl)c2Cl)c1O. The molecule has 0 unspecified atom stereocenters. The quantitative estimate of drug-likeness (QED) is 0.0455. The molecule has 1 atom stereocenters. The summed E-state index contributed by atoms with van der Waals surface area (Å²) in [6, 6.07) is 11.2. The van der Waals surface area contributed by atoms with E-state index in [-0.39, 0.29) is 82.8 Å². The third-order valence-corrected chi connectivity index (χ3v) is 22.1. The molecule has 0 spiro atoms. The van der Waals surface area contributed by atoms with E-state index < -0.39 is 83.6 Å². The van der Waals surface area contributed by atoms with Crippen molar-refractivity contribution < 1.29 is 60.1 Å². The molecular formula is C44H49Cl6N9O13S6. The maximum absolute atomic E-state index is 12.7. The lowest BCUT2D eigenvalue weighted by atomic mass is 10.1. The van der Waals surface area contributed by atoms with E-state index in [9.17, 15) is 60.1 Å². The summed E-state index contributed by atoms with van der Waals surface area (Å²) in [4.78, 5) is 36.2. The average Bonchev–Trinajstić information content (AvgIpc) is 4.06. The predicted molar refractivity (Wildman–Crippen MR) is 312 cm³/mol. The summed E-state index contributed by atoms with van der Waals surface area (Å²) in [5.74, 6) is -1.84. The minimum Gasteiger partial charge on any atom is -0.504 e. The van der Waals surface area contributed by atoms with Gasteiger partial charge in [-0.05, 0) is 70.1 Å². The second-order valence-electron chi connectivity index (χ2n) is 16.9. The van der Waals surface area contributed by atoms with E-state index in [1.54, 1.807) is 77.1 Å². The maximum Gasteiger partial charge on any atom is 0.323 e. The van der Waals surface area contributed by atoms with E-state index in [4.69, 9.17) is 69.6 Å². The smallest absolute Gasteiger partial charge is 0.323 e. The van der Waals surface area contributed by atoms with Crippen LogP contribution in [0.5, 0.6) is 17.2 Å². The number of nitrogens with zero attached hydrogens (tertiary/aromatic N) is 1. The van der Waals surface area contributed by atoms with Crippen molar-refractivity contribution in [3.63, 3.8) is 0 Å². The standard InChI is InChI=1S/C16H19Cl2N3O5S2.C16H19Cl2N3O4S2.C12H11Cl2N3O4S2/c1-8(2)11(6-22)21-28(25,26)15-14(23)12(7-27-15)20-16(24)19-10-5-3-4-9(17)13(10)18;1-16(2,3)21(4)27(24,25)14-13(22)11(8-26-14)20-15(23)19-10-7-5-6-9(17)12(10)18;1-15-23(20,21)11-10(18)8(5-22-11)17-12(19)16-7-4-2-3-6(13)9(7)14/h3-5,7-8,11,21-23H,6H2,1-2H3,(H2,19,20,24);5-8,22H,1-4H3,(H2,19,20,23);2-5,15,18H,1H3,(H2,16,17,19)/t11-;;/m1../s1. The van der Waals surface area contributed by atoms with Crippen LogP contribution in [0, 0.1) is 5.92 Å². The molecule has 22 nitrogen and oxygen atoms in total. The van der Waals surface area contributed by atoms with Gasteiger partial charge in [0.05, 0.1) is 70.9 Å². The maximum atomic E-state index is 12.7. The lowest BCUT2D eigenvalue weighted by Crippen LogP contribution is -2.42. The number of hydrogen-bond acceptors (Lipinski definition) is 16. The number of benzene rings is 3. The molecule has 78 heavy (non-hydrogen) atoms. The molecule has 3 aromatic heterocycles. The second-order valence-corrected chi connectivity index (χ2v) is 28.1. The van der Waals surface area contributed by atoms with Gasteiger partial charge in [-0.15, -0.1) is 34.0 Å². The van der Waals surface area contributed by atoms with Crippen molar-refractivity contribution in [2.75, 3.05) is 52.6 Å². The summed E-state index contributed by atoms with van der Waals surface area (Å²) >= 11 is 37.9. The fraction of sp³-hybridized carbons (Fsp3) is 0.250. The number of halogens is 6. The highest BCUT2D eigenvalue weighted by molar-refractivity contribution is 7.92. The Balaban J connectivity index is 0.000000254. The van der Waals surface area contributed by atoms with E-state index in [2.05, 4.69) is 41.3 Å². The number of rotatable bonds is 15. The number of aromatic hydroxyl groups is 3. The number of aliphatic hydroxyl groups is 1. The Morgan fingerprint density at radius 2 is 0.859 bits per heavy atom. The van der Waals surface area contributed by atoms with Gasteiger partial charge in [0, 0.05) is 34.8 Å². The third-order valence-electron chi connectivity index (χ3n) is 10.1. The van der Waals surface area contributed by atoms with E-state index >= 15 is 0 Å². The van der Waals surface area contributed by atoms with Crippen molar-refractivity contribution in [1.82, 2.24) is 13.7 Å². The first-order valence-corrected chi connectivity index (χ1v) is 31.0. The Bertz CT molecular complexity index is 3500. The van der Waals surface area contributed by atoms with Crippen molar-refractivity contribution in [3.05, 3.63) is 101 Å². The number of carbonyl (C=O) groups excluding carboxylic acids is 3. The summed E-state index contributed by atoms with van der Waals surface area (Å²) in [6.07, 6.45) is 0. The molecule has 0 fully saturated rings. The molecule has 6 amide bonds. The Morgan fingerprint density at radius 1 is 0.551 bits per heavy atom. The van der Waals surface area contributed by atoms with Gasteiger partial charge in [0.15, 0.2) is 29.9 Å². The van der Waals surface area contributed by atoms with Crippen LogP contribution in [-0.4, -0.2) is 100 Å². The summed E-state index contributed by atoms with van der Waals surface area (Å²) < 4.78 is 78.3. The molecule has 6 aromatic rings. The topological polar surface area (TPSA) is 334 Å². The number of thiophene rings is 3. The predicted octanol–water partition coefficient (Wildman–Crippen LogP) is 11.8. The number of amides is 6. The van der Waals surface area contributed by atoms with Crippen LogP contribution >= 0.6 is 104 Å². The number of anilines is 6. The molecule has 34 heteroatoms. The van der Waals surface area contributed by atoms with Crippen LogP contribution in [0.2, 0.25) is 30.1 Å². The van der Waals surface area contributed by atoms with Crippen molar-refractivity contribution in [1.29, 1.82) is 0 Å². The number of carbonyl (C=O) groups is 3. The van der Waals surface area contributed by atoms with Gasteiger partial charge in [0.1, 0.15) is 0 Å². The van der Waals surface area contributed by atoms with Gasteiger partial charge < -0.3 is 52.3 Å². The van der Waals surface area contributed by atoms with Gasteiger partial charge in [0.25, 0.3) is 30.1 Å². The van der Waals surface area contributed by atoms with Gasteiger partial charge in [-0.25, -0.2) is 49.1 Å². The Labute approximate surface area is 491 Å². The van der Waals surface area contributed by atoms with Gasteiger partial charge in [-0.3, -0.25) is 0 Å². The average molecular weight is 1320 g/mol. The summed E-state index contributed by atoms with van der Waals surface area (Å²) in [5, 5.41) is 59.5. The number of sulfonamides is 3. The lowest BCUT2D eigenvalue weighted by Gasteiger charge is -2.30. The number of aliphatic hydroxyl groups excluding tert-OH is 1. The van der Waals surface area contributed by atoms with Gasteiger partial charge in [-0.2, -0.15) is 4.31 Å². The zero-order chi connectivity index (χ0) is 58.8. The first-order chi connectivity index (χ1) is 36.2. The third kappa shape index (κ3) is 17.0. The minimum absolute atomic E-state index is 0.0310. The van der Waals surface area contributed by atoms with Crippen LogP contribution in [-0.2, 0) is 30.1 Å². The van der Waals surface area contributed by atoms with E-state index in [0.29, 0.717) is 0 Å². The molecule has 0 saturated carbocycles. The summed E-state index contributed by atoms with van der Waals surface area (Å²) in [7, 11) is -9.17. The molecular weight excluding hydrogens is 1270 g/mol. The van der Waals surface area contributed by atoms with E-state index in [1.807, 2.05) is 0 Å². The monoisotopic (exact) mass is 1310 g/mol. The van der Waals surface area contributed by atoms with Crippen molar-refractivity contribution in [2.24, 2.45) is 5.92 Å². The minimum atomic E-state index is -4.09. The molecule has 3 heterocycles. The largest absolute Gasteiger partial charge is 0.504 e. The molecule has 426 valence electrons. The van der Waals surface area contributed by atoms with Crippen LogP contribution in [0.15, 0.2) is 83.4 Å². The molecule has 6 rings (SSSR count). The van der Waals surface area contributed by atoms with Crippen LogP contribution < -0.4 is 41.3 Å². The zero-order valence-corrected chi connectivity index (χ0v) is 50.9. The molecule has 0 saturated heterocycles. The molecule has 0 radical (unpaired) electrons. The van der Waals surface area contributed by atoms with Crippen LogP contribution in [0.25, 0.3) is 0 Å². The number of urea groups is 3. The summed E-state index contributed by atoms with van der Waals surface area (Å²) in [5.41, 5.74) is -0.0456. The fourth-order valence-corrected chi connectivity index (χ4v) is 14.3. The Hall–Kier alpha value is -4.60. The van der Waals surface area contributed by atoms with Gasteiger partial charge >= 0.3 is 18.1 Å². The molecule has 0 aliphatic heterocycles. The summed E-state index contributed by atoms with van der Waals surface area (Å²) in [6.45, 7) is 8.30. The molecule has 3 aromatic carbocycles. The van der Waals surface area contributed by atoms with Gasteiger partial charge in [0.2, 0.25) is 0 Å². The van der Waals surface area contributed by atoms with Crippen molar-refractivity contribution >= 4 is 186 Å². The highest BCUT2D eigenvalue weighted by Gasteiger charge is 2.35. The normalized spacial score (nSPS) is 12.2. The van der Waals surface area contributed by atoms with E-state index in [1.165, 1.54) is 42.4 Å². The zero-order valence-electron chi connectivity index (χ0n) is 41.4. The number of nitrogens with one attached hydrogen (secondary N) is 8. The molecule has 12 N–H and O–H groups in total. The molecule has 0 aliphatic carbocycles. The van der Waals surface area contributed by atoms with Crippen molar-refractivity contribution in [3.8, 4) is 17.2 Å². The molecule has 0 bridgehead atoms. The van der Waals surface area contributed by atoms with Crippen LogP contribution in [0.4, 0.5) is 48.5 Å².